The molecule has 0 spiro atoms. The Balaban J connectivity index is 2.73. The van der Waals surface area contributed by atoms with E-state index in [4.69, 9.17) is 11.5 Å². The highest BCUT2D eigenvalue weighted by Gasteiger charge is 2.29. The molecule has 5 nitrogen and oxygen atoms in total. The second-order valence-electron chi connectivity index (χ2n) is 2.89. The van der Waals surface area contributed by atoms with Gasteiger partial charge in [-0.3, -0.25) is 14.6 Å². The van der Waals surface area contributed by atoms with Crippen LogP contribution in [0.25, 0.3) is 0 Å². The van der Waals surface area contributed by atoms with E-state index >= 15 is 0 Å². The number of allylic oxidation sites excluding steroid dienone is 2. The van der Waals surface area contributed by atoms with E-state index in [1.165, 1.54) is 12.3 Å². The smallest absolute Gasteiger partial charge is 0.229 e. The van der Waals surface area contributed by atoms with Gasteiger partial charge in [0.2, 0.25) is 11.6 Å². The van der Waals surface area contributed by atoms with Gasteiger partial charge in [-0.25, -0.2) is 0 Å². The average Bonchev–Trinajstić information content (AvgIpc) is 2.23. The van der Waals surface area contributed by atoms with Crippen LogP contribution in [0.5, 0.6) is 0 Å². The van der Waals surface area contributed by atoms with E-state index in [0.717, 1.165) is 0 Å². The summed E-state index contributed by atoms with van der Waals surface area (Å²) in [5, 5.41) is 0. The SMILES string of the molecule is NC1=C(N)C(=O)c2ncccc2C1=O. The van der Waals surface area contributed by atoms with Gasteiger partial charge in [-0.15, -0.1) is 0 Å². The summed E-state index contributed by atoms with van der Waals surface area (Å²) in [5.74, 6) is -0.928. The quantitative estimate of drug-likeness (QED) is 0.578. The third kappa shape index (κ3) is 0.922. The molecule has 0 atom stereocenters. The van der Waals surface area contributed by atoms with Crippen LogP contribution < -0.4 is 11.5 Å². The number of hydrogen-bond donors (Lipinski definition) is 2. The Labute approximate surface area is 79.4 Å². The van der Waals surface area contributed by atoms with Crippen LogP contribution >= 0.6 is 0 Å². The van der Waals surface area contributed by atoms with E-state index in [2.05, 4.69) is 4.98 Å². The summed E-state index contributed by atoms with van der Waals surface area (Å²) in [6, 6.07) is 3.07. The van der Waals surface area contributed by atoms with Crippen molar-refractivity contribution in [2.45, 2.75) is 0 Å². The molecule has 0 aliphatic heterocycles. The van der Waals surface area contributed by atoms with Gasteiger partial charge >= 0.3 is 0 Å². The number of hydrogen-bond acceptors (Lipinski definition) is 5. The molecule has 0 saturated heterocycles. The number of carbonyl (C=O) groups is 2. The van der Waals surface area contributed by atoms with E-state index in [9.17, 15) is 9.59 Å². The number of Topliss-reactive ketones (excluding diaryl/α,β-unsaturated/α-hetero) is 2. The second kappa shape index (κ2) is 2.66. The molecule has 1 aromatic rings. The lowest BCUT2D eigenvalue weighted by Crippen LogP contribution is -2.31. The molecule has 1 heterocycles. The minimum atomic E-state index is -0.488. The molecule has 70 valence electrons. The number of nitrogens with zero attached hydrogens (tertiary/aromatic N) is 1. The molecule has 0 radical (unpaired) electrons. The number of carbonyl (C=O) groups excluding carboxylic acids is 2. The van der Waals surface area contributed by atoms with Crippen molar-refractivity contribution >= 4 is 11.6 Å². The normalized spacial score (nSPS) is 15.7. The minimum absolute atomic E-state index is 0.0733. The molecule has 5 heteroatoms. The molecule has 0 aromatic carbocycles. The van der Waals surface area contributed by atoms with Crippen molar-refractivity contribution in [1.29, 1.82) is 0 Å². The topological polar surface area (TPSA) is 99.1 Å². The van der Waals surface area contributed by atoms with Crippen molar-refractivity contribution in [3.8, 4) is 0 Å². The minimum Gasteiger partial charge on any atom is -0.394 e. The van der Waals surface area contributed by atoms with E-state index < -0.39 is 11.6 Å². The van der Waals surface area contributed by atoms with Crippen LogP contribution in [0.3, 0.4) is 0 Å². The monoisotopic (exact) mass is 189 g/mol. The van der Waals surface area contributed by atoms with Crippen LogP contribution in [-0.4, -0.2) is 16.6 Å². The van der Waals surface area contributed by atoms with Gasteiger partial charge in [0.1, 0.15) is 17.1 Å². The van der Waals surface area contributed by atoms with Gasteiger partial charge in [0.25, 0.3) is 0 Å². The summed E-state index contributed by atoms with van der Waals surface area (Å²) in [6.45, 7) is 0. The van der Waals surface area contributed by atoms with Crippen LogP contribution in [0.1, 0.15) is 20.8 Å². The molecule has 1 aliphatic carbocycles. The van der Waals surface area contributed by atoms with Crippen molar-refractivity contribution in [2.24, 2.45) is 11.5 Å². The summed E-state index contributed by atoms with van der Waals surface area (Å²) in [6.07, 6.45) is 1.43. The van der Waals surface area contributed by atoms with E-state index in [1.807, 2.05) is 0 Å². The lowest BCUT2D eigenvalue weighted by Gasteiger charge is -2.13. The predicted octanol–water partition coefficient (Wildman–Crippen LogP) is -0.410. The van der Waals surface area contributed by atoms with Crippen LogP contribution in [-0.2, 0) is 0 Å². The highest BCUT2D eigenvalue weighted by atomic mass is 16.1. The van der Waals surface area contributed by atoms with Gasteiger partial charge in [-0.1, -0.05) is 0 Å². The van der Waals surface area contributed by atoms with Crippen LogP contribution in [0.2, 0.25) is 0 Å². The molecule has 0 amide bonds. The Bertz CT molecular complexity index is 434. The van der Waals surface area contributed by atoms with Crippen molar-refractivity contribution < 1.29 is 9.59 Å². The molecule has 0 unspecified atom stereocenters. The Morgan fingerprint density at radius 3 is 2.43 bits per heavy atom. The molecule has 0 fully saturated rings. The first-order valence-corrected chi connectivity index (χ1v) is 3.92. The van der Waals surface area contributed by atoms with Gasteiger partial charge in [0.05, 0.1) is 5.56 Å². The molecule has 0 bridgehead atoms. The van der Waals surface area contributed by atoms with E-state index in [1.54, 1.807) is 6.07 Å². The van der Waals surface area contributed by atoms with Gasteiger partial charge < -0.3 is 11.5 Å². The predicted molar refractivity (Wildman–Crippen MR) is 48.3 cm³/mol. The number of pyridine rings is 1. The molecule has 1 aromatic heterocycles. The molecule has 0 saturated carbocycles. The largest absolute Gasteiger partial charge is 0.394 e. The first-order chi connectivity index (χ1) is 6.63. The number of ketones is 2. The summed E-state index contributed by atoms with van der Waals surface area (Å²) >= 11 is 0. The number of aromatic nitrogens is 1. The van der Waals surface area contributed by atoms with E-state index in [-0.39, 0.29) is 22.7 Å². The Kier molecular flexibility index (Phi) is 1.60. The van der Waals surface area contributed by atoms with Crippen LogP contribution in [0.4, 0.5) is 0 Å². The maximum atomic E-state index is 11.5. The van der Waals surface area contributed by atoms with Gasteiger partial charge in [-0.2, -0.15) is 0 Å². The Morgan fingerprint density at radius 1 is 1.07 bits per heavy atom. The summed E-state index contributed by atoms with van der Waals surface area (Å²) in [4.78, 5) is 26.8. The van der Waals surface area contributed by atoms with Crippen molar-refractivity contribution in [1.82, 2.24) is 4.98 Å². The lowest BCUT2D eigenvalue weighted by molar-refractivity contribution is 0.0968. The number of nitrogens with two attached hydrogens (primary N) is 2. The van der Waals surface area contributed by atoms with Crippen LogP contribution in [0.15, 0.2) is 29.7 Å². The van der Waals surface area contributed by atoms with E-state index in [0.29, 0.717) is 0 Å². The fourth-order valence-corrected chi connectivity index (χ4v) is 1.29. The fraction of sp³-hybridized carbons (Fsp3) is 0. The maximum Gasteiger partial charge on any atom is 0.229 e. The molecular formula is C9H7N3O2. The second-order valence-corrected chi connectivity index (χ2v) is 2.89. The summed E-state index contributed by atoms with van der Waals surface area (Å²) in [7, 11) is 0. The van der Waals surface area contributed by atoms with Crippen LogP contribution in [0, 0.1) is 0 Å². The highest BCUT2D eigenvalue weighted by molar-refractivity contribution is 6.25. The first kappa shape index (κ1) is 8.43. The Hall–Kier alpha value is -2.17. The molecule has 4 N–H and O–H groups in total. The zero-order valence-corrected chi connectivity index (χ0v) is 7.15. The fourth-order valence-electron chi connectivity index (χ4n) is 1.29. The molecular weight excluding hydrogens is 182 g/mol. The summed E-state index contributed by atoms with van der Waals surface area (Å²) in [5.41, 5.74) is 10.6. The third-order valence-electron chi connectivity index (χ3n) is 2.05. The van der Waals surface area contributed by atoms with Crippen molar-refractivity contribution in [2.75, 3.05) is 0 Å². The average molecular weight is 189 g/mol. The summed E-state index contributed by atoms with van der Waals surface area (Å²) < 4.78 is 0. The van der Waals surface area contributed by atoms with Crippen molar-refractivity contribution in [3.05, 3.63) is 41.0 Å². The molecule has 1 aliphatic rings. The Morgan fingerprint density at radius 2 is 1.71 bits per heavy atom. The maximum absolute atomic E-state index is 11.5. The number of fused-ring (bicyclic) bond motifs is 1. The van der Waals surface area contributed by atoms with Gasteiger partial charge in [-0.05, 0) is 12.1 Å². The first-order valence-electron chi connectivity index (χ1n) is 3.92. The van der Waals surface area contributed by atoms with Gasteiger partial charge in [0, 0.05) is 6.20 Å². The lowest BCUT2D eigenvalue weighted by atomic mass is 9.95. The van der Waals surface area contributed by atoms with Crippen molar-refractivity contribution in [3.63, 3.8) is 0 Å². The van der Waals surface area contributed by atoms with Gasteiger partial charge in [0.15, 0.2) is 0 Å². The highest BCUT2D eigenvalue weighted by Crippen LogP contribution is 2.18. The zero-order chi connectivity index (χ0) is 10.3. The molecule has 14 heavy (non-hydrogen) atoms. The standard InChI is InChI=1S/C9H7N3O2/c10-5-6(11)9(14)7-4(8(5)13)2-1-3-12-7/h1-3H,10-11H2. The zero-order valence-electron chi connectivity index (χ0n) is 7.15. The third-order valence-corrected chi connectivity index (χ3v) is 2.05. The molecule has 2 rings (SSSR count). The number of rotatable bonds is 0.